The molecule has 0 saturated heterocycles. The number of aryl methyl sites for hydroxylation is 2. The number of esters is 1. The van der Waals surface area contributed by atoms with Crippen LogP contribution in [-0.4, -0.2) is 34.5 Å². The van der Waals surface area contributed by atoms with Gasteiger partial charge in [-0.3, -0.25) is 4.68 Å². The Kier molecular flexibility index (Phi) is 6.08. The maximum atomic E-state index is 12.1. The van der Waals surface area contributed by atoms with Crippen molar-refractivity contribution in [3.63, 3.8) is 0 Å². The number of ether oxygens (including phenoxy) is 1. The first kappa shape index (κ1) is 18.3. The Bertz CT molecular complexity index is 787. The first-order valence-electron chi connectivity index (χ1n) is 8.04. The summed E-state index contributed by atoms with van der Waals surface area (Å²) in [6.07, 6.45) is 7.64. The summed E-state index contributed by atoms with van der Waals surface area (Å²) in [6, 6.07) is 0. The van der Waals surface area contributed by atoms with Crippen molar-refractivity contribution in [2.75, 3.05) is 19.0 Å². The fourth-order valence-electron chi connectivity index (χ4n) is 2.86. The van der Waals surface area contributed by atoms with Crippen LogP contribution in [0.2, 0.25) is 0 Å². The highest BCUT2D eigenvalue weighted by atomic mass is 79.9. The van der Waals surface area contributed by atoms with Crippen LogP contribution in [0, 0.1) is 0 Å². The number of nitrogens with one attached hydrogen (secondary N) is 2. The van der Waals surface area contributed by atoms with Gasteiger partial charge in [-0.25, -0.2) is 4.79 Å². The van der Waals surface area contributed by atoms with Crippen LogP contribution in [0.4, 0.5) is 5.00 Å². The lowest BCUT2D eigenvalue weighted by Crippen LogP contribution is -2.30. The van der Waals surface area contributed by atoms with Gasteiger partial charge in [0.25, 0.3) is 0 Å². The molecule has 2 heterocycles. The van der Waals surface area contributed by atoms with E-state index in [-0.39, 0.29) is 5.97 Å². The van der Waals surface area contributed by atoms with Crippen molar-refractivity contribution < 1.29 is 9.53 Å². The lowest BCUT2D eigenvalue weighted by Gasteiger charge is -2.11. The van der Waals surface area contributed by atoms with E-state index in [0.717, 1.165) is 53.8 Å². The molecule has 0 aliphatic heterocycles. The summed E-state index contributed by atoms with van der Waals surface area (Å²) in [7, 11) is 1.41. The van der Waals surface area contributed by atoms with Gasteiger partial charge < -0.3 is 15.4 Å². The van der Waals surface area contributed by atoms with E-state index in [9.17, 15) is 4.79 Å². The molecule has 0 unspecified atom stereocenters. The Balaban J connectivity index is 1.53. The van der Waals surface area contributed by atoms with Crippen LogP contribution in [0.25, 0.3) is 0 Å². The summed E-state index contributed by atoms with van der Waals surface area (Å²) >= 11 is 10.3. The average Bonchev–Trinajstić information content (AvgIpc) is 3.27. The molecule has 0 radical (unpaired) electrons. The minimum atomic E-state index is -0.297. The van der Waals surface area contributed by atoms with Crippen molar-refractivity contribution in [1.82, 2.24) is 15.1 Å². The normalized spacial score (nSPS) is 12.7. The zero-order valence-corrected chi connectivity index (χ0v) is 17.0. The van der Waals surface area contributed by atoms with Crippen LogP contribution in [-0.2, 0) is 24.1 Å². The predicted octanol–water partition coefficient (Wildman–Crippen LogP) is 3.36. The average molecular weight is 443 g/mol. The number of methoxy groups -OCH3 is 1. The maximum Gasteiger partial charge on any atom is 0.341 e. The van der Waals surface area contributed by atoms with Gasteiger partial charge in [-0.15, -0.1) is 11.3 Å². The van der Waals surface area contributed by atoms with Gasteiger partial charge in [-0.1, -0.05) is 0 Å². The molecule has 0 aromatic carbocycles. The minimum Gasteiger partial charge on any atom is -0.465 e. The summed E-state index contributed by atoms with van der Waals surface area (Å²) in [4.78, 5) is 13.4. The third-order valence-corrected chi connectivity index (χ3v) is 5.85. The van der Waals surface area contributed by atoms with E-state index < -0.39 is 0 Å². The Morgan fingerprint density at radius 2 is 2.36 bits per heavy atom. The Labute approximate surface area is 164 Å². The number of halogens is 1. The second kappa shape index (κ2) is 8.29. The molecule has 25 heavy (non-hydrogen) atoms. The van der Waals surface area contributed by atoms with Crippen molar-refractivity contribution in [3.05, 3.63) is 32.9 Å². The van der Waals surface area contributed by atoms with Crippen LogP contribution in [0.3, 0.4) is 0 Å². The predicted molar refractivity (Wildman–Crippen MR) is 106 cm³/mol. The van der Waals surface area contributed by atoms with Gasteiger partial charge in [0, 0.05) is 24.2 Å². The number of thiocarbonyl (C=S) groups is 1. The molecule has 0 saturated carbocycles. The van der Waals surface area contributed by atoms with Gasteiger partial charge in [0.2, 0.25) is 0 Å². The van der Waals surface area contributed by atoms with E-state index in [1.165, 1.54) is 12.0 Å². The molecule has 0 spiro atoms. The molecule has 2 aromatic rings. The molecule has 0 bridgehead atoms. The van der Waals surface area contributed by atoms with Crippen LogP contribution in [0.15, 0.2) is 16.9 Å². The summed E-state index contributed by atoms with van der Waals surface area (Å²) in [5.41, 5.74) is 1.76. The van der Waals surface area contributed by atoms with Gasteiger partial charge in [0.15, 0.2) is 5.11 Å². The molecule has 1 aliphatic carbocycles. The first-order chi connectivity index (χ1) is 12.1. The number of fused-ring (bicyclic) bond motifs is 1. The van der Waals surface area contributed by atoms with Crippen molar-refractivity contribution in [2.24, 2.45) is 0 Å². The van der Waals surface area contributed by atoms with E-state index in [4.69, 9.17) is 17.0 Å². The number of hydrogen-bond donors (Lipinski definition) is 2. The smallest absolute Gasteiger partial charge is 0.341 e. The van der Waals surface area contributed by atoms with E-state index in [2.05, 4.69) is 31.7 Å². The third kappa shape index (κ3) is 4.39. The molecular weight excluding hydrogens is 424 g/mol. The monoisotopic (exact) mass is 442 g/mol. The van der Waals surface area contributed by atoms with Gasteiger partial charge >= 0.3 is 5.97 Å². The van der Waals surface area contributed by atoms with E-state index in [0.29, 0.717) is 10.7 Å². The van der Waals surface area contributed by atoms with Gasteiger partial charge in [-0.2, -0.15) is 5.10 Å². The molecule has 2 aromatic heterocycles. The number of thiophene rings is 1. The fourth-order valence-corrected chi connectivity index (χ4v) is 4.74. The molecule has 0 atom stereocenters. The van der Waals surface area contributed by atoms with E-state index in [1.54, 1.807) is 17.5 Å². The lowest BCUT2D eigenvalue weighted by atomic mass is 10.1. The van der Waals surface area contributed by atoms with Gasteiger partial charge in [0.1, 0.15) is 5.00 Å². The van der Waals surface area contributed by atoms with Crippen LogP contribution in [0.5, 0.6) is 0 Å². The molecular formula is C16H19BrN4O2S2. The van der Waals surface area contributed by atoms with Crippen molar-refractivity contribution in [2.45, 2.75) is 32.2 Å². The quantitative estimate of drug-likeness (QED) is 0.406. The fraction of sp³-hybridized carbons (Fsp3) is 0.438. The maximum absolute atomic E-state index is 12.1. The van der Waals surface area contributed by atoms with Gasteiger partial charge in [0.05, 0.1) is 23.3 Å². The highest BCUT2D eigenvalue weighted by Crippen LogP contribution is 2.39. The zero-order chi connectivity index (χ0) is 17.8. The SMILES string of the molecule is COC(=O)c1c(NC(=S)NCCCn2cc(Br)cn2)sc2c1CCC2. The topological polar surface area (TPSA) is 68.2 Å². The molecule has 9 heteroatoms. The zero-order valence-electron chi connectivity index (χ0n) is 13.8. The molecule has 6 nitrogen and oxygen atoms in total. The largest absolute Gasteiger partial charge is 0.465 e. The number of nitrogens with zero attached hydrogens (tertiary/aromatic N) is 2. The number of anilines is 1. The number of hydrogen-bond acceptors (Lipinski definition) is 5. The molecule has 2 N–H and O–H groups in total. The highest BCUT2D eigenvalue weighted by Gasteiger charge is 2.27. The standard InChI is InChI=1S/C16H19BrN4O2S2/c1-23-15(22)13-11-4-2-5-12(11)25-14(13)20-16(24)18-6-3-7-21-9-10(17)8-19-21/h8-9H,2-7H2,1H3,(H2,18,20,24). The van der Waals surface area contributed by atoms with Crippen molar-refractivity contribution >= 4 is 55.6 Å². The van der Waals surface area contributed by atoms with Crippen LogP contribution < -0.4 is 10.6 Å². The van der Waals surface area contributed by atoms with Crippen molar-refractivity contribution in [3.8, 4) is 0 Å². The van der Waals surface area contributed by atoms with E-state index >= 15 is 0 Å². The molecule has 3 rings (SSSR count). The summed E-state index contributed by atoms with van der Waals surface area (Å²) < 4.78 is 7.79. The molecule has 0 fully saturated rings. The molecule has 134 valence electrons. The van der Waals surface area contributed by atoms with E-state index in [1.807, 2.05) is 10.9 Å². The molecule has 0 amide bonds. The number of aromatic nitrogens is 2. The third-order valence-electron chi connectivity index (χ3n) is 3.99. The first-order valence-corrected chi connectivity index (χ1v) is 10.1. The molecule has 1 aliphatic rings. The lowest BCUT2D eigenvalue weighted by molar-refractivity contribution is 0.0601. The van der Waals surface area contributed by atoms with Crippen LogP contribution >= 0.6 is 39.5 Å². The highest BCUT2D eigenvalue weighted by molar-refractivity contribution is 9.10. The van der Waals surface area contributed by atoms with Crippen molar-refractivity contribution in [1.29, 1.82) is 0 Å². The summed E-state index contributed by atoms with van der Waals surface area (Å²) in [5.74, 6) is -0.297. The summed E-state index contributed by atoms with van der Waals surface area (Å²) in [6.45, 7) is 1.53. The Morgan fingerprint density at radius 3 is 3.08 bits per heavy atom. The number of carbonyl (C=O) groups excluding carboxylic acids is 1. The minimum absolute atomic E-state index is 0.297. The Hall–Kier alpha value is -1.45. The second-order valence-electron chi connectivity index (χ2n) is 5.71. The number of rotatable bonds is 6. The van der Waals surface area contributed by atoms with Crippen LogP contribution in [0.1, 0.15) is 33.6 Å². The summed E-state index contributed by atoms with van der Waals surface area (Å²) in [5, 5.41) is 11.9. The number of carbonyl (C=O) groups is 1. The Morgan fingerprint density at radius 1 is 1.52 bits per heavy atom. The second-order valence-corrected chi connectivity index (χ2v) is 8.14. The van der Waals surface area contributed by atoms with Gasteiger partial charge in [-0.05, 0) is 59.4 Å².